The van der Waals surface area contributed by atoms with Gasteiger partial charge in [-0.15, -0.1) is 5.14 Å². The lowest BCUT2D eigenvalue weighted by molar-refractivity contribution is 0.150. The van der Waals surface area contributed by atoms with Gasteiger partial charge in [0.1, 0.15) is 0 Å². The fraction of sp³-hybridized carbons (Fsp3) is 0.833. The summed E-state index contributed by atoms with van der Waals surface area (Å²) in [6.45, 7) is 2.17. The van der Waals surface area contributed by atoms with Gasteiger partial charge in [0.15, 0.2) is 0 Å². The van der Waals surface area contributed by atoms with Crippen LogP contribution < -0.4 is 9.86 Å². The number of hydrogen-bond donors (Lipinski definition) is 1. The van der Waals surface area contributed by atoms with E-state index < -0.39 is 16.3 Å². The van der Waals surface area contributed by atoms with Crippen LogP contribution in [0.3, 0.4) is 0 Å². The number of amides is 1. The van der Waals surface area contributed by atoms with Gasteiger partial charge in [0.05, 0.1) is 6.61 Å². The van der Waals surface area contributed by atoms with Crippen molar-refractivity contribution in [2.45, 2.75) is 26.2 Å². The molecule has 0 saturated carbocycles. The van der Waals surface area contributed by atoms with E-state index >= 15 is 0 Å². The molecule has 0 saturated heterocycles. The third-order valence-electron chi connectivity index (χ3n) is 1.20. The van der Waals surface area contributed by atoms with E-state index in [0.717, 1.165) is 12.8 Å². The maximum Gasteiger partial charge on any atom is 0.421 e. The average molecular weight is 209 g/mol. The maximum atomic E-state index is 10.6. The van der Waals surface area contributed by atoms with Crippen molar-refractivity contribution in [2.75, 3.05) is 6.61 Å². The Morgan fingerprint density at radius 2 is 2.08 bits per heavy atom. The van der Waals surface area contributed by atoms with Gasteiger partial charge in [-0.25, -0.2) is 9.52 Å². The Morgan fingerprint density at radius 1 is 1.46 bits per heavy atom. The number of unbranched alkanes of at least 4 members (excludes halogenated alkanes) is 2. The van der Waals surface area contributed by atoms with Crippen molar-refractivity contribution in [3.63, 3.8) is 0 Å². The Balaban J connectivity index is 3.53. The fourth-order valence-corrected chi connectivity index (χ4v) is 0.934. The van der Waals surface area contributed by atoms with Crippen molar-refractivity contribution < 1.29 is 17.9 Å². The molecule has 0 bridgehead atoms. The number of nitrogens with one attached hydrogen (secondary N) is 2. The smallest absolute Gasteiger partial charge is 0.421 e. The van der Waals surface area contributed by atoms with E-state index in [9.17, 15) is 13.2 Å². The van der Waals surface area contributed by atoms with Gasteiger partial charge in [0, 0.05) is 0 Å². The Hall–Kier alpha value is -0.820. The topological polar surface area (TPSA) is 96.3 Å². The molecule has 2 N–H and O–H groups in total. The molecule has 77 valence electrons. The van der Waals surface area contributed by atoms with Crippen LogP contribution >= 0.6 is 0 Å². The number of rotatable bonds is 5. The van der Waals surface area contributed by atoms with Crippen LogP contribution in [0.1, 0.15) is 26.2 Å². The van der Waals surface area contributed by atoms with Crippen LogP contribution in [0, 0.1) is 0 Å². The lowest BCUT2D eigenvalue weighted by Crippen LogP contribution is -2.31. The van der Waals surface area contributed by atoms with Crippen LogP contribution in [0.2, 0.25) is 0 Å². The Bertz CT molecular complexity index is 249. The molecule has 0 unspecified atom stereocenters. The molecule has 0 aliphatic carbocycles. The van der Waals surface area contributed by atoms with Gasteiger partial charge in [-0.05, 0) is 6.42 Å². The summed E-state index contributed by atoms with van der Waals surface area (Å²) in [4.78, 5) is 10.6. The van der Waals surface area contributed by atoms with Gasteiger partial charge >= 0.3 is 16.3 Å². The third-order valence-corrected chi connectivity index (χ3v) is 1.63. The number of ether oxygens (including phenoxy) is 1. The molecule has 7 heteroatoms. The summed E-state index contributed by atoms with van der Waals surface area (Å²) in [7, 11) is -4.24. The summed E-state index contributed by atoms with van der Waals surface area (Å²) < 4.78 is 26.2. The van der Waals surface area contributed by atoms with Crippen molar-refractivity contribution in [1.82, 2.24) is 9.86 Å². The van der Waals surface area contributed by atoms with E-state index in [1.54, 1.807) is 0 Å². The molecule has 0 fully saturated rings. The van der Waals surface area contributed by atoms with E-state index in [2.05, 4.69) is 4.74 Å². The minimum absolute atomic E-state index is 0.176. The van der Waals surface area contributed by atoms with E-state index in [0.29, 0.717) is 6.42 Å². The molecule has 0 aromatic carbocycles. The summed E-state index contributed by atoms with van der Waals surface area (Å²) in [6, 6.07) is 0. The second-order valence-electron chi connectivity index (χ2n) is 2.45. The molecule has 1 radical (unpaired) electrons. The van der Waals surface area contributed by atoms with Crippen molar-refractivity contribution in [3.8, 4) is 0 Å². The molecular weight excluding hydrogens is 196 g/mol. The fourth-order valence-electron chi connectivity index (χ4n) is 0.656. The monoisotopic (exact) mass is 209 g/mol. The van der Waals surface area contributed by atoms with E-state index in [4.69, 9.17) is 5.14 Å². The van der Waals surface area contributed by atoms with Crippen molar-refractivity contribution in [3.05, 3.63) is 0 Å². The zero-order valence-corrected chi connectivity index (χ0v) is 8.19. The van der Waals surface area contributed by atoms with Crippen LogP contribution in [0.5, 0.6) is 0 Å². The molecule has 0 aliphatic heterocycles. The van der Waals surface area contributed by atoms with Crippen LogP contribution in [0.25, 0.3) is 0 Å². The molecule has 13 heavy (non-hydrogen) atoms. The second kappa shape index (κ2) is 5.76. The van der Waals surface area contributed by atoms with Crippen LogP contribution in [-0.4, -0.2) is 21.1 Å². The van der Waals surface area contributed by atoms with Gasteiger partial charge in [-0.3, -0.25) is 0 Å². The van der Waals surface area contributed by atoms with Gasteiger partial charge < -0.3 is 4.74 Å². The molecule has 0 spiro atoms. The quantitative estimate of drug-likeness (QED) is 0.664. The Kier molecular flexibility index (Phi) is 5.40. The first-order valence-corrected chi connectivity index (χ1v) is 5.38. The minimum Gasteiger partial charge on any atom is -0.449 e. The second-order valence-corrected chi connectivity index (χ2v) is 3.66. The third kappa shape index (κ3) is 9.09. The van der Waals surface area contributed by atoms with E-state index in [1.165, 1.54) is 4.72 Å². The van der Waals surface area contributed by atoms with E-state index in [1.807, 2.05) is 6.92 Å². The predicted molar refractivity (Wildman–Crippen MR) is 46.0 cm³/mol. The van der Waals surface area contributed by atoms with Crippen LogP contribution in [-0.2, 0) is 14.9 Å². The number of carbonyl (C=O) groups is 1. The first-order valence-electron chi connectivity index (χ1n) is 3.90. The summed E-state index contributed by atoms with van der Waals surface area (Å²) in [5.41, 5.74) is 0. The molecule has 0 rings (SSSR count). The number of carbonyl (C=O) groups excluding carboxylic acids is 1. The van der Waals surface area contributed by atoms with E-state index in [-0.39, 0.29) is 6.61 Å². The summed E-state index contributed by atoms with van der Waals surface area (Å²) in [6.07, 6.45) is 1.51. The lowest BCUT2D eigenvalue weighted by atomic mass is 10.3. The molecule has 0 atom stereocenters. The predicted octanol–water partition coefficient (Wildman–Crippen LogP) is 0.431. The molecule has 0 heterocycles. The SMILES string of the molecule is CCCCCOC(=O)NS([NH])(=O)=O. The maximum absolute atomic E-state index is 10.6. The Labute approximate surface area is 77.6 Å². The normalized spacial score (nSPS) is 10.9. The lowest BCUT2D eigenvalue weighted by Gasteiger charge is -2.03. The molecule has 6 nitrogen and oxygen atoms in total. The van der Waals surface area contributed by atoms with Crippen molar-refractivity contribution in [1.29, 1.82) is 0 Å². The van der Waals surface area contributed by atoms with Gasteiger partial charge in [-0.1, -0.05) is 19.8 Å². The average Bonchev–Trinajstić information content (AvgIpc) is 1.94. The standard InChI is InChI=1S/C6H13N2O4S/c1-2-3-4-5-12-6(9)8-13(7,10)11/h7H,2-5H2,1H3,(H,8,9). The highest BCUT2D eigenvalue weighted by Crippen LogP contribution is 1.94. The highest BCUT2D eigenvalue weighted by atomic mass is 32.2. The molecular formula is C6H13N2O4S. The highest BCUT2D eigenvalue weighted by molar-refractivity contribution is 7.87. The Morgan fingerprint density at radius 3 is 2.54 bits per heavy atom. The molecule has 0 aromatic rings. The zero-order chi connectivity index (χ0) is 10.3. The van der Waals surface area contributed by atoms with Gasteiger partial charge in [-0.2, -0.15) is 8.42 Å². The summed E-state index contributed by atoms with van der Waals surface area (Å²) in [5, 5.41) is 6.34. The summed E-state index contributed by atoms with van der Waals surface area (Å²) >= 11 is 0. The highest BCUT2D eigenvalue weighted by Gasteiger charge is 2.09. The van der Waals surface area contributed by atoms with Crippen LogP contribution in [0.4, 0.5) is 4.79 Å². The zero-order valence-electron chi connectivity index (χ0n) is 7.37. The minimum atomic E-state index is -4.24. The molecule has 0 aromatic heterocycles. The first-order chi connectivity index (χ1) is 5.95. The number of hydrogen-bond acceptors (Lipinski definition) is 4. The first kappa shape index (κ1) is 12.2. The van der Waals surface area contributed by atoms with Gasteiger partial charge in [0.2, 0.25) is 0 Å². The van der Waals surface area contributed by atoms with Crippen molar-refractivity contribution >= 4 is 16.3 Å². The molecule has 0 aliphatic rings. The molecule has 1 amide bonds. The van der Waals surface area contributed by atoms with Crippen LogP contribution in [0.15, 0.2) is 0 Å². The largest absolute Gasteiger partial charge is 0.449 e. The van der Waals surface area contributed by atoms with Crippen molar-refractivity contribution in [2.24, 2.45) is 0 Å². The summed E-state index contributed by atoms with van der Waals surface area (Å²) in [5.74, 6) is 0. The van der Waals surface area contributed by atoms with Gasteiger partial charge in [0.25, 0.3) is 0 Å².